The Morgan fingerprint density at radius 2 is 2.06 bits per heavy atom. The first-order valence-corrected chi connectivity index (χ1v) is 6.03. The van der Waals surface area contributed by atoms with Gasteiger partial charge >= 0.3 is 0 Å². The van der Waals surface area contributed by atoms with Crippen molar-refractivity contribution in [2.24, 2.45) is 0 Å². The second-order valence-corrected chi connectivity index (χ2v) is 4.68. The molecule has 0 radical (unpaired) electrons. The van der Waals surface area contributed by atoms with Crippen LogP contribution in [0.25, 0.3) is 4.85 Å². The SMILES string of the molecule is [C-]#[N+]c1cc(F)cc(C2(C(=O)NC)CCCC2)c1. The number of halogens is 1. The number of nitrogens with zero attached hydrogens (tertiary/aromatic N) is 1. The minimum Gasteiger partial charge on any atom is -0.358 e. The highest BCUT2D eigenvalue weighted by atomic mass is 19.1. The lowest BCUT2D eigenvalue weighted by molar-refractivity contribution is -0.126. The lowest BCUT2D eigenvalue weighted by Crippen LogP contribution is -2.40. The van der Waals surface area contributed by atoms with E-state index in [-0.39, 0.29) is 11.6 Å². The molecule has 0 aromatic heterocycles. The van der Waals surface area contributed by atoms with Crippen LogP contribution in [0.5, 0.6) is 0 Å². The van der Waals surface area contributed by atoms with E-state index in [4.69, 9.17) is 6.57 Å². The van der Waals surface area contributed by atoms with E-state index in [1.807, 2.05) is 0 Å². The van der Waals surface area contributed by atoms with Crippen molar-refractivity contribution in [3.05, 3.63) is 41.0 Å². The summed E-state index contributed by atoms with van der Waals surface area (Å²) in [7, 11) is 1.59. The van der Waals surface area contributed by atoms with E-state index in [0.29, 0.717) is 18.4 Å². The van der Waals surface area contributed by atoms with Crippen molar-refractivity contribution in [2.75, 3.05) is 7.05 Å². The van der Waals surface area contributed by atoms with Gasteiger partial charge in [0, 0.05) is 7.05 Å². The molecule has 0 aliphatic heterocycles. The number of hydrogen-bond acceptors (Lipinski definition) is 1. The number of amides is 1. The Balaban J connectivity index is 2.53. The highest BCUT2D eigenvalue weighted by Gasteiger charge is 2.42. The average molecular weight is 246 g/mol. The molecule has 1 aromatic carbocycles. The highest BCUT2D eigenvalue weighted by Crippen LogP contribution is 2.42. The summed E-state index contributed by atoms with van der Waals surface area (Å²) < 4.78 is 13.5. The third-order valence-corrected chi connectivity index (χ3v) is 3.68. The van der Waals surface area contributed by atoms with Crippen LogP contribution < -0.4 is 5.32 Å². The third-order valence-electron chi connectivity index (χ3n) is 3.68. The molecule has 3 nitrogen and oxygen atoms in total. The molecule has 1 saturated carbocycles. The number of nitrogens with one attached hydrogen (secondary N) is 1. The van der Waals surface area contributed by atoms with Gasteiger partial charge < -0.3 is 5.32 Å². The molecule has 1 fully saturated rings. The lowest BCUT2D eigenvalue weighted by Gasteiger charge is -2.27. The molecule has 94 valence electrons. The number of benzene rings is 1. The van der Waals surface area contributed by atoms with E-state index < -0.39 is 11.2 Å². The molecule has 1 aliphatic carbocycles. The molecule has 18 heavy (non-hydrogen) atoms. The summed E-state index contributed by atoms with van der Waals surface area (Å²) in [5.41, 5.74) is 0.224. The molecule has 4 heteroatoms. The molecule has 0 spiro atoms. The van der Waals surface area contributed by atoms with Gasteiger partial charge in [0.2, 0.25) is 5.91 Å². The third kappa shape index (κ3) is 1.97. The molecular formula is C14H15FN2O. The summed E-state index contributed by atoms with van der Waals surface area (Å²) in [4.78, 5) is 15.4. The van der Waals surface area contributed by atoms with Crippen LogP contribution in [-0.4, -0.2) is 13.0 Å². The molecule has 1 aliphatic rings. The fraction of sp³-hybridized carbons (Fsp3) is 0.429. The first kappa shape index (κ1) is 12.6. The van der Waals surface area contributed by atoms with E-state index in [1.54, 1.807) is 13.1 Å². The predicted molar refractivity (Wildman–Crippen MR) is 66.9 cm³/mol. The van der Waals surface area contributed by atoms with Crippen LogP contribution in [0.2, 0.25) is 0 Å². The summed E-state index contributed by atoms with van der Waals surface area (Å²) in [5, 5.41) is 2.66. The van der Waals surface area contributed by atoms with Crippen LogP contribution in [0.3, 0.4) is 0 Å². The summed E-state index contributed by atoms with van der Waals surface area (Å²) in [5.74, 6) is -0.532. The zero-order chi connectivity index (χ0) is 13.2. The van der Waals surface area contributed by atoms with E-state index in [0.717, 1.165) is 12.8 Å². The maximum absolute atomic E-state index is 13.5. The zero-order valence-electron chi connectivity index (χ0n) is 10.3. The van der Waals surface area contributed by atoms with Crippen molar-refractivity contribution in [3.8, 4) is 0 Å². The van der Waals surface area contributed by atoms with Gasteiger partial charge in [-0.05, 0) is 30.5 Å². The molecule has 1 aromatic rings. The van der Waals surface area contributed by atoms with Gasteiger partial charge in [-0.3, -0.25) is 4.79 Å². The van der Waals surface area contributed by atoms with Crippen LogP contribution >= 0.6 is 0 Å². The van der Waals surface area contributed by atoms with Crippen LogP contribution in [0.4, 0.5) is 10.1 Å². The Labute approximate surface area is 106 Å². The first-order chi connectivity index (χ1) is 8.62. The van der Waals surface area contributed by atoms with Gasteiger partial charge in [-0.2, -0.15) is 0 Å². The number of carbonyl (C=O) groups is 1. The summed E-state index contributed by atoms with van der Waals surface area (Å²) in [6.07, 6.45) is 3.34. The van der Waals surface area contributed by atoms with Gasteiger partial charge in [-0.25, -0.2) is 9.24 Å². The van der Waals surface area contributed by atoms with E-state index in [1.165, 1.54) is 12.1 Å². The normalized spacial score (nSPS) is 17.2. The summed E-state index contributed by atoms with van der Waals surface area (Å²) in [6, 6.07) is 4.22. The molecule has 1 amide bonds. The van der Waals surface area contributed by atoms with Crippen molar-refractivity contribution < 1.29 is 9.18 Å². The number of hydrogen-bond donors (Lipinski definition) is 1. The second kappa shape index (κ2) is 4.77. The number of rotatable bonds is 2. The van der Waals surface area contributed by atoms with E-state index in [9.17, 15) is 9.18 Å². The molecule has 0 heterocycles. The van der Waals surface area contributed by atoms with E-state index in [2.05, 4.69) is 10.2 Å². The van der Waals surface area contributed by atoms with Crippen LogP contribution in [-0.2, 0) is 10.2 Å². The Morgan fingerprint density at radius 3 is 2.61 bits per heavy atom. The maximum Gasteiger partial charge on any atom is 0.230 e. The largest absolute Gasteiger partial charge is 0.358 e. The van der Waals surface area contributed by atoms with Gasteiger partial charge in [0.25, 0.3) is 0 Å². The molecular weight excluding hydrogens is 231 g/mol. The molecule has 0 atom stereocenters. The monoisotopic (exact) mass is 246 g/mol. The van der Waals surface area contributed by atoms with Crippen molar-refractivity contribution in [3.63, 3.8) is 0 Å². The number of likely N-dealkylation sites (N-methyl/N-ethyl adjacent to an activating group) is 1. The molecule has 0 bridgehead atoms. The van der Waals surface area contributed by atoms with Gasteiger partial charge in [0.1, 0.15) is 5.82 Å². The first-order valence-electron chi connectivity index (χ1n) is 6.03. The Hall–Kier alpha value is -1.89. The Bertz CT molecular complexity index is 513. The smallest absolute Gasteiger partial charge is 0.230 e. The molecule has 2 rings (SSSR count). The van der Waals surface area contributed by atoms with Crippen molar-refractivity contribution in [2.45, 2.75) is 31.1 Å². The minimum absolute atomic E-state index is 0.0819. The molecule has 1 N–H and O–H groups in total. The van der Waals surface area contributed by atoms with Crippen LogP contribution in [0.1, 0.15) is 31.2 Å². The molecule has 0 saturated heterocycles. The highest BCUT2D eigenvalue weighted by molar-refractivity contribution is 5.88. The zero-order valence-corrected chi connectivity index (χ0v) is 10.3. The second-order valence-electron chi connectivity index (χ2n) is 4.68. The van der Waals surface area contributed by atoms with Crippen LogP contribution in [0, 0.1) is 12.4 Å². The Kier molecular flexibility index (Phi) is 3.33. The summed E-state index contributed by atoms with van der Waals surface area (Å²) >= 11 is 0. The van der Waals surface area contributed by atoms with Gasteiger partial charge in [-0.1, -0.05) is 18.9 Å². The molecule has 0 unspecified atom stereocenters. The number of carbonyl (C=O) groups excluding carboxylic acids is 1. The maximum atomic E-state index is 13.5. The average Bonchev–Trinajstić information content (AvgIpc) is 2.87. The quantitative estimate of drug-likeness (QED) is 0.800. The van der Waals surface area contributed by atoms with Gasteiger partial charge in [0.05, 0.1) is 12.0 Å². The lowest BCUT2D eigenvalue weighted by atomic mass is 9.78. The topological polar surface area (TPSA) is 33.5 Å². The van der Waals surface area contributed by atoms with E-state index >= 15 is 0 Å². The minimum atomic E-state index is -0.656. The fourth-order valence-corrected chi connectivity index (χ4v) is 2.78. The fourth-order valence-electron chi connectivity index (χ4n) is 2.78. The van der Waals surface area contributed by atoms with Crippen molar-refractivity contribution >= 4 is 11.6 Å². The predicted octanol–water partition coefficient (Wildman–Crippen LogP) is 2.93. The van der Waals surface area contributed by atoms with Gasteiger partial charge in [-0.15, -0.1) is 0 Å². The summed E-state index contributed by atoms with van der Waals surface area (Å²) in [6.45, 7) is 6.98. The standard InChI is InChI=1S/C14H15FN2O/c1-16-12-8-10(7-11(15)9-12)14(13(18)17-2)5-3-4-6-14/h7-9H,3-6H2,2H3,(H,17,18). The van der Waals surface area contributed by atoms with Gasteiger partial charge in [0.15, 0.2) is 5.69 Å². The van der Waals surface area contributed by atoms with Crippen molar-refractivity contribution in [1.29, 1.82) is 0 Å². The van der Waals surface area contributed by atoms with Crippen LogP contribution in [0.15, 0.2) is 18.2 Å². The Morgan fingerprint density at radius 1 is 1.39 bits per heavy atom. The van der Waals surface area contributed by atoms with Crippen molar-refractivity contribution in [1.82, 2.24) is 5.32 Å².